The van der Waals surface area contributed by atoms with E-state index in [1.165, 1.54) is 6.07 Å². The van der Waals surface area contributed by atoms with Crippen molar-refractivity contribution in [1.82, 2.24) is 0 Å². The molecule has 4 heteroatoms. The molecule has 0 aliphatic rings. The van der Waals surface area contributed by atoms with E-state index in [1.54, 1.807) is 17.8 Å². The lowest BCUT2D eigenvalue weighted by atomic mass is 10.2. The van der Waals surface area contributed by atoms with Gasteiger partial charge in [0.2, 0.25) is 0 Å². The van der Waals surface area contributed by atoms with Crippen molar-refractivity contribution >= 4 is 33.4 Å². The Morgan fingerprint density at radius 1 is 1.33 bits per heavy atom. The first-order valence-electron chi connectivity index (χ1n) is 4.83. The highest BCUT2D eigenvalue weighted by atomic mass is 79.9. The lowest BCUT2D eigenvalue weighted by Crippen LogP contribution is -2.06. The first-order valence-corrected chi connectivity index (χ1v) is 6.50. The minimum atomic E-state index is -0.311. The van der Waals surface area contributed by atoms with Crippen molar-refractivity contribution in [2.45, 2.75) is 30.9 Å². The van der Waals surface area contributed by atoms with Gasteiger partial charge in [-0.25, -0.2) is 4.39 Å². The maximum absolute atomic E-state index is 13.1. The second-order valence-electron chi connectivity index (χ2n) is 3.87. The van der Waals surface area contributed by atoms with Crippen LogP contribution in [0.25, 0.3) is 0 Å². The number of halogens is 2. The summed E-state index contributed by atoms with van der Waals surface area (Å²) in [6.07, 6.45) is 0. The molecule has 15 heavy (non-hydrogen) atoms. The fourth-order valence-electron chi connectivity index (χ4n) is 0.982. The van der Waals surface area contributed by atoms with Crippen LogP contribution in [0.2, 0.25) is 0 Å². The van der Waals surface area contributed by atoms with Gasteiger partial charge in [-0.05, 0) is 34.0 Å². The predicted octanol–water partition coefficient (Wildman–Crippen LogP) is 4.31. The minimum absolute atomic E-state index is 0.311. The first-order chi connectivity index (χ1) is 6.91. The number of anilines is 1. The molecule has 84 valence electrons. The van der Waals surface area contributed by atoms with Crippen molar-refractivity contribution < 1.29 is 4.39 Å². The van der Waals surface area contributed by atoms with E-state index in [2.05, 4.69) is 36.7 Å². The molecule has 2 N–H and O–H groups in total. The molecule has 0 amide bonds. The fraction of sp³-hybridized carbons (Fsp3) is 0.455. The van der Waals surface area contributed by atoms with Gasteiger partial charge in [0, 0.05) is 15.8 Å². The summed E-state index contributed by atoms with van der Waals surface area (Å²) >= 11 is 4.84. The highest BCUT2D eigenvalue weighted by Crippen LogP contribution is 2.34. The molecule has 1 rings (SSSR count). The molecule has 1 unspecified atom stereocenters. The molecule has 1 aromatic carbocycles. The molecule has 0 radical (unpaired) electrons. The maximum Gasteiger partial charge on any atom is 0.139 e. The van der Waals surface area contributed by atoms with E-state index in [-0.39, 0.29) is 5.82 Å². The number of hydrogen-bond acceptors (Lipinski definition) is 2. The van der Waals surface area contributed by atoms with Crippen LogP contribution in [0.1, 0.15) is 20.8 Å². The summed E-state index contributed by atoms with van der Waals surface area (Å²) in [6.45, 7) is 6.46. The monoisotopic (exact) mass is 291 g/mol. The summed E-state index contributed by atoms with van der Waals surface area (Å²) in [7, 11) is 0. The van der Waals surface area contributed by atoms with E-state index in [0.29, 0.717) is 21.3 Å². The van der Waals surface area contributed by atoms with Crippen molar-refractivity contribution in [3.8, 4) is 0 Å². The highest BCUT2D eigenvalue weighted by molar-refractivity contribution is 9.10. The van der Waals surface area contributed by atoms with Crippen molar-refractivity contribution in [3.63, 3.8) is 0 Å². The number of benzene rings is 1. The zero-order chi connectivity index (χ0) is 11.6. The minimum Gasteiger partial charge on any atom is -0.398 e. The number of nitrogen functional groups attached to an aromatic ring is 1. The van der Waals surface area contributed by atoms with Crippen LogP contribution in [0.3, 0.4) is 0 Å². The Hall–Kier alpha value is -0.220. The van der Waals surface area contributed by atoms with E-state index >= 15 is 0 Å². The smallest absolute Gasteiger partial charge is 0.139 e. The van der Waals surface area contributed by atoms with Crippen LogP contribution >= 0.6 is 27.7 Å². The summed E-state index contributed by atoms with van der Waals surface area (Å²) in [5, 5.41) is 0.463. The van der Waals surface area contributed by atoms with Gasteiger partial charge in [-0.15, -0.1) is 11.8 Å². The van der Waals surface area contributed by atoms with Crippen LogP contribution in [0.5, 0.6) is 0 Å². The zero-order valence-corrected chi connectivity index (χ0v) is 11.5. The van der Waals surface area contributed by atoms with E-state index in [9.17, 15) is 4.39 Å². The van der Waals surface area contributed by atoms with Crippen molar-refractivity contribution in [2.24, 2.45) is 5.92 Å². The molecule has 0 bridgehead atoms. The largest absolute Gasteiger partial charge is 0.398 e. The van der Waals surface area contributed by atoms with Gasteiger partial charge in [0.1, 0.15) is 5.82 Å². The average molecular weight is 292 g/mol. The van der Waals surface area contributed by atoms with Gasteiger partial charge < -0.3 is 5.73 Å². The molecule has 1 atom stereocenters. The average Bonchev–Trinajstić information content (AvgIpc) is 2.13. The number of rotatable bonds is 3. The Balaban J connectivity index is 2.91. The molecule has 0 heterocycles. The van der Waals surface area contributed by atoms with E-state index < -0.39 is 0 Å². The molecule has 0 aliphatic heterocycles. The molecule has 1 nitrogen and oxygen atoms in total. The number of thioether (sulfide) groups is 1. The van der Waals surface area contributed by atoms with Gasteiger partial charge in [-0.1, -0.05) is 20.8 Å². The van der Waals surface area contributed by atoms with Crippen molar-refractivity contribution in [1.29, 1.82) is 0 Å². The van der Waals surface area contributed by atoms with E-state index in [1.807, 2.05) is 0 Å². The van der Waals surface area contributed by atoms with Crippen LogP contribution in [0.4, 0.5) is 10.1 Å². The highest BCUT2D eigenvalue weighted by Gasteiger charge is 2.12. The molecular formula is C11H15BrFNS. The Morgan fingerprint density at radius 2 is 1.93 bits per heavy atom. The van der Waals surface area contributed by atoms with E-state index in [0.717, 1.165) is 4.90 Å². The van der Waals surface area contributed by atoms with Crippen LogP contribution in [-0.2, 0) is 0 Å². The molecular weight excluding hydrogens is 277 g/mol. The molecule has 0 saturated carbocycles. The van der Waals surface area contributed by atoms with Crippen molar-refractivity contribution in [2.75, 3.05) is 5.73 Å². The summed E-state index contributed by atoms with van der Waals surface area (Å²) in [5.41, 5.74) is 6.26. The third-order valence-corrected chi connectivity index (χ3v) is 4.44. The van der Waals surface area contributed by atoms with Crippen LogP contribution in [0, 0.1) is 11.7 Å². The van der Waals surface area contributed by atoms with E-state index in [4.69, 9.17) is 5.73 Å². The van der Waals surface area contributed by atoms with Crippen LogP contribution < -0.4 is 5.73 Å². The SMILES string of the molecule is CC(C)C(C)Sc1cc(Br)c(F)cc1N. The molecule has 0 saturated heterocycles. The van der Waals surface area contributed by atoms with Crippen LogP contribution in [-0.4, -0.2) is 5.25 Å². The third kappa shape index (κ3) is 3.38. The molecule has 0 aromatic heterocycles. The zero-order valence-electron chi connectivity index (χ0n) is 9.05. The Morgan fingerprint density at radius 3 is 2.47 bits per heavy atom. The lowest BCUT2D eigenvalue weighted by Gasteiger charge is -2.16. The topological polar surface area (TPSA) is 26.0 Å². The molecule has 0 aliphatic carbocycles. The molecule has 1 aromatic rings. The predicted molar refractivity (Wildman–Crippen MR) is 68.7 cm³/mol. The summed E-state index contributed by atoms with van der Waals surface area (Å²) < 4.78 is 13.6. The van der Waals surface area contributed by atoms with Gasteiger partial charge >= 0.3 is 0 Å². The summed E-state index contributed by atoms with van der Waals surface area (Å²) in [4.78, 5) is 0.935. The third-order valence-electron chi connectivity index (χ3n) is 2.30. The van der Waals surface area contributed by atoms with Gasteiger partial charge in [-0.3, -0.25) is 0 Å². The number of hydrogen-bond donors (Lipinski definition) is 1. The second kappa shape index (κ2) is 5.21. The van der Waals surface area contributed by atoms with Gasteiger partial charge in [0.25, 0.3) is 0 Å². The molecule has 0 fully saturated rings. The van der Waals surface area contributed by atoms with Gasteiger partial charge in [0.05, 0.1) is 4.47 Å². The molecule has 0 spiro atoms. The Kier molecular flexibility index (Phi) is 4.46. The number of nitrogens with two attached hydrogens (primary N) is 1. The first kappa shape index (κ1) is 12.8. The summed E-state index contributed by atoms with van der Waals surface area (Å²) in [5.74, 6) is 0.257. The van der Waals surface area contributed by atoms with Gasteiger partial charge in [-0.2, -0.15) is 0 Å². The summed E-state index contributed by atoms with van der Waals surface area (Å²) in [6, 6.07) is 3.10. The Labute approximate surface area is 103 Å². The van der Waals surface area contributed by atoms with Gasteiger partial charge in [0.15, 0.2) is 0 Å². The maximum atomic E-state index is 13.1. The normalized spacial score (nSPS) is 13.2. The fourth-order valence-corrected chi connectivity index (χ4v) is 2.53. The standard InChI is InChI=1S/C11H15BrFNS/c1-6(2)7(3)15-11-4-8(12)9(13)5-10(11)14/h4-7H,14H2,1-3H3. The second-order valence-corrected chi connectivity index (χ2v) is 6.14. The Bertz CT molecular complexity index is 355. The quantitative estimate of drug-likeness (QED) is 0.663. The van der Waals surface area contributed by atoms with Crippen molar-refractivity contribution in [3.05, 3.63) is 22.4 Å². The lowest BCUT2D eigenvalue weighted by molar-refractivity contribution is 0.620. The van der Waals surface area contributed by atoms with Crippen LogP contribution in [0.15, 0.2) is 21.5 Å².